The molecule has 21 heavy (non-hydrogen) atoms. The second-order valence-electron chi connectivity index (χ2n) is 6.19. The van der Waals surface area contributed by atoms with E-state index in [1.165, 1.54) is 4.90 Å². The van der Waals surface area contributed by atoms with Gasteiger partial charge in [-0.15, -0.1) is 23.2 Å². The van der Waals surface area contributed by atoms with Gasteiger partial charge in [0.1, 0.15) is 4.33 Å². The quantitative estimate of drug-likeness (QED) is 0.632. The summed E-state index contributed by atoms with van der Waals surface area (Å²) in [5, 5.41) is 2.97. The number of likely N-dealkylation sites (tertiary alicyclic amines) is 1. The van der Waals surface area contributed by atoms with Gasteiger partial charge in [0.25, 0.3) is 0 Å². The minimum Gasteiger partial charge on any atom is -0.353 e. The molecule has 0 bridgehead atoms. The predicted octanol–water partition coefficient (Wildman–Crippen LogP) is 1.76. The summed E-state index contributed by atoms with van der Waals surface area (Å²) in [6, 6.07) is 0.0908. The molecule has 7 heteroatoms. The van der Waals surface area contributed by atoms with Crippen molar-refractivity contribution in [3.63, 3.8) is 0 Å². The molecule has 1 N–H and O–H groups in total. The molecule has 1 saturated heterocycles. The Kier molecular flexibility index (Phi) is 3.91. The molecule has 1 aliphatic heterocycles. The van der Waals surface area contributed by atoms with E-state index in [2.05, 4.69) is 5.32 Å². The van der Waals surface area contributed by atoms with Crippen molar-refractivity contribution in [3.8, 4) is 0 Å². The van der Waals surface area contributed by atoms with Crippen LogP contribution >= 0.6 is 23.2 Å². The highest BCUT2D eigenvalue weighted by molar-refractivity contribution is 6.52. The maximum absolute atomic E-state index is 11.9. The Morgan fingerprint density at radius 3 is 2.10 bits per heavy atom. The molecule has 5 nitrogen and oxygen atoms in total. The third-order valence-corrected chi connectivity index (χ3v) is 5.48. The first-order valence-electron chi connectivity index (χ1n) is 7.41. The molecule has 0 aromatic heterocycles. The summed E-state index contributed by atoms with van der Waals surface area (Å²) in [6.45, 7) is 0. The van der Waals surface area contributed by atoms with Crippen LogP contribution in [0.1, 0.15) is 44.9 Å². The lowest BCUT2D eigenvalue weighted by molar-refractivity contribution is -0.142. The lowest BCUT2D eigenvalue weighted by atomic mass is 9.90. The highest BCUT2D eigenvalue weighted by Crippen LogP contribution is 2.53. The zero-order valence-electron chi connectivity index (χ0n) is 11.6. The van der Waals surface area contributed by atoms with E-state index in [-0.39, 0.29) is 35.7 Å². The monoisotopic (exact) mass is 332 g/mol. The maximum atomic E-state index is 11.9. The first kappa shape index (κ1) is 15.1. The number of hydrogen-bond donors (Lipinski definition) is 1. The van der Waals surface area contributed by atoms with E-state index in [1.54, 1.807) is 0 Å². The van der Waals surface area contributed by atoms with Gasteiger partial charge in [-0.25, -0.2) is 0 Å². The van der Waals surface area contributed by atoms with Crippen LogP contribution in [0.2, 0.25) is 0 Å². The number of nitrogens with zero attached hydrogens (tertiary/aromatic N) is 1. The Morgan fingerprint density at radius 2 is 1.62 bits per heavy atom. The van der Waals surface area contributed by atoms with Gasteiger partial charge in [-0.05, 0) is 32.1 Å². The van der Waals surface area contributed by atoms with E-state index in [0.717, 1.165) is 25.7 Å². The van der Waals surface area contributed by atoms with Gasteiger partial charge in [0.15, 0.2) is 0 Å². The van der Waals surface area contributed by atoms with Crippen LogP contribution in [0.3, 0.4) is 0 Å². The zero-order valence-corrected chi connectivity index (χ0v) is 13.1. The van der Waals surface area contributed by atoms with Crippen molar-refractivity contribution >= 4 is 40.9 Å². The van der Waals surface area contributed by atoms with Crippen LogP contribution in [0, 0.1) is 5.92 Å². The van der Waals surface area contributed by atoms with Crippen LogP contribution in [0.4, 0.5) is 0 Å². The third-order valence-electron chi connectivity index (χ3n) is 4.64. The van der Waals surface area contributed by atoms with Crippen molar-refractivity contribution in [2.75, 3.05) is 0 Å². The van der Waals surface area contributed by atoms with Gasteiger partial charge in [-0.2, -0.15) is 0 Å². The van der Waals surface area contributed by atoms with Gasteiger partial charge in [0, 0.05) is 24.9 Å². The van der Waals surface area contributed by atoms with Crippen molar-refractivity contribution in [2.24, 2.45) is 5.92 Å². The van der Waals surface area contributed by atoms with Crippen LogP contribution in [-0.2, 0) is 14.4 Å². The lowest BCUT2D eigenvalue weighted by Gasteiger charge is -2.33. The second kappa shape index (κ2) is 5.43. The summed E-state index contributed by atoms with van der Waals surface area (Å²) in [5.74, 6) is -0.504. The van der Waals surface area contributed by atoms with Crippen molar-refractivity contribution in [1.29, 1.82) is 0 Å². The SMILES string of the molecule is O=C(NC1CCC(N2C(=O)CCC2=O)CC1)C1CC1(Cl)Cl. The van der Waals surface area contributed by atoms with E-state index in [0.29, 0.717) is 19.3 Å². The smallest absolute Gasteiger partial charge is 0.229 e. The van der Waals surface area contributed by atoms with E-state index >= 15 is 0 Å². The van der Waals surface area contributed by atoms with E-state index in [1.807, 2.05) is 0 Å². The van der Waals surface area contributed by atoms with Gasteiger partial charge in [-0.1, -0.05) is 0 Å². The molecule has 1 unspecified atom stereocenters. The Balaban J connectivity index is 1.48. The Labute approximate surface area is 133 Å². The van der Waals surface area contributed by atoms with E-state index in [4.69, 9.17) is 23.2 Å². The fraction of sp³-hybridized carbons (Fsp3) is 0.786. The van der Waals surface area contributed by atoms with Crippen molar-refractivity contribution < 1.29 is 14.4 Å². The lowest BCUT2D eigenvalue weighted by Crippen LogP contribution is -2.46. The largest absolute Gasteiger partial charge is 0.353 e. The average Bonchev–Trinajstić information content (AvgIpc) is 2.95. The molecule has 2 aliphatic carbocycles. The molecule has 0 radical (unpaired) electrons. The third kappa shape index (κ3) is 3.04. The Hall–Kier alpha value is -0.810. The van der Waals surface area contributed by atoms with Crippen LogP contribution in [-0.4, -0.2) is 39.0 Å². The number of imide groups is 1. The molecule has 3 rings (SSSR count). The Morgan fingerprint density at radius 1 is 1.10 bits per heavy atom. The molecular formula is C14H18Cl2N2O3. The summed E-state index contributed by atoms with van der Waals surface area (Å²) < 4.78 is -0.893. The number of halogens is 2. The highest BCUT2D eigenvalue weighted by Gasteiger charge is 2.56. The van der Waals surface area contributed by atoms with Crippen LogP contribution in [0.5, 0.6) is 0 Å². The second-order valence-corrected chi connectivity index (χ2v) is 7.73. The standard InChI is InChI=1S/C14H18Cl2N2O3/c15-14(16)7-10(14)13(21)17-8-1-3-9(4-2-8)18-11(19)5-6-12(18)20/h8-10H,1-7H2,(H,17,21). The highest BCUT2D eigenvalue weighted by atomic mass is 35.5. The summed E-state index contributed by atoms with van der Waals surface area (Å²) in [7, 11) is 0. The molecule has 116 valence electrons. The van der Waals surface area contributed by atoms with Crippen molar-refractivity contribution in [2.45, 2.75) is 61.4 Å². The number of carbonyl (C=O) groups is 3. The summed E-state index contributed by atoms with van der Waals surface area (Å²) in [6.07, 6.45) is 4.24. The van der Waals surface area contributed by atoms with Gasteiger partial charge in [0.2, 0.25) is 17.7 Å². The fourth-order valence-corrected chi connectivity index (χ4v) is 3.79. The number of nitrogens with one attached hydrogen (secondary N) is 1. The molecule has 0 spiro atoms. The number of amides is 3. The number of hydrogen-bond acceptors (Lipinski definition) is 3. The fourth-order valence-electron chi connectivity index (χ4n) is 3.28. The Bertz CT molecular complexity index is 471. The number of rotatable bonds is 3. The van der Waals surface area contributed by atoms with Gasteiger partial charge >= 0.3 is 0 Å². The molecule has 3 amide bonds. The topological polar surface area (TPSA) is 66.5 Å². The van der Waals surface area contributed by atoms with Crippen LogP contribution < -0.4 is 5.32 Å². The number of carbonyl (C=O) groups excluding carboxylic acids is 3. The van der Waals surface area contributed by atoms with E-state index in [9.17, 15) is 14.4 Å². The molecule has 3 fully saturated rings. The first-order valence-corrected chi connectivity index (χ1v) is 8.17. The van der Waals surface area contributed by atoms with Crippen molar-refractivity contribution in [1.82, 2.24) is 10.2 Å². The average molecular weight is 333 g/mol. The molecule has 0 aromatic rings. The molecular weight excluding hydrogens is 315 g/mol. The minimum atomic E-state index is -0.893. The van der Waals surface area contributed by atoms with Gasteiger partial charge in [0.05, 0.1) is 5.92 Å². The molecule has 3 aliphatic rings. The zero-order chi connectivity index (χ0) is 15.2. The van der Waals surface area contributed by atoms with Crippen LogP contribution in [0.25, 0.3) is 0 Å². The van der Waals surface area contributed by atoms with Crippen molar-refractivity contribution in [3.05, 3.63) is 0 Å². The minimum absolute atomic E-state index is 0.00159. The first-order chi connectivity index (χ1) is 9.88. The molecule has 1 atom stereocenters. The van der Waals surface area contributed by atoms with Gasteiger partial charge < -0.3 is 5.32 Å². The number of alkyl halides is 2. The molecule has 0 aromatic carbocycles. The predicted molar refractivity (Wildman–Crippen MR) is 77.8 cm³/mol. The van der Waals surface area contributed by atoms with Crippen LogP contribution in [0.15, 0.2) is 0 Å². The summed E-state index contributed by atoms with van der Waals surface area (Å²) >= 11 is 11.8. The van der Waals surface area contributed by atoms with Gasteiger partial charge in [-0.3, -0.25) is 19.3 Å². The maximum Gasteiger partial charge on any atom is 0.229 e. The molecule has 1 heterocycles. The summed E-state index contributed by atoms with van der Waals surface area (Å²) in [4.78, 5) is 36.8. The molecule has 2 saturated carbocycles. The summed E-state index contributed by atoms with van der Waals surface area (Å²) in [5.41, 5.74) is 0. The van der Waals surface area contributed by atoms with E-state index < -0.39 is 4.33 Å². The normalized spacial score (nSPS) is 35.0.